The largest absolute Gasteiger partial charge is 0.497 e. The van der Waals surface area contributed by atoms with Gasteiger partial charge in [-0.2, -0.15) is 0 Å². The third-order valence-electron chi connectivity index (χ3n) is 3.82. The summed E-state index contributed by atoms with van der Waals surface area (Å²) in [5.74, 6) is 2.43. The van der Waals surface area contributed by atoms with Gasteiger partial charge in [0.05, 0.1) is 14.2 Å². The minimum absolute atomic E-state index is 0. The minimum Gasteiger partial charge on any atom is -0.497 e. The summed E-state index contributed by atoms with van der Waals surface area (Å²) in [4.78, 5) is 2.46. The van der Waals surface area contributed by atoms with Gasteiger partial charge in [0.25, 0.3) is 0 Å². The lowest BCUT2D eigenvalue weighted by Gasteiger charge is -2.32. The highest BCUT2D eigenvalue weighted by atomic mass is 35.5. The molecule has 0 amide bonds. The number of rotatable bonds is 5. The molecule has 0 aromatic heterocycles. The smallest absolute Gasteiger partial charge is 0.123 e. The second-order valence-electron chi connectivity index (χ2n) is 5.16. The summed E-state index contributed by atoms with van der Waals surface area (Å²) in [5.41, 5.74) is 6.97. The van der Waals surface area contributed by atoms with Gasteiger partial charge in [-0.25, -0.2) is 0 Å². The monoisotopic (exact) mass is 300 g/mol. The number of hydrogen-bond donors (Lipinski definition) is 1. The van der Waals surface area contributed by atoms with Crippen LogP contribution in [-0.2, 0) is 6.54 Å². The van der Waals surface area contributed by atoms with Crippen molar-refractivity contribution < 1.29 is 9.47 Å². The number of ether oxygens (including phenoxy) is 2. The van der Waals surface area contributed by atoms with Crippen LogP contribution in [0.5, 0.6) is 11.5 Å². The van der Waals surface area contributed by atoms with E-state index in [4.69, 9.17) is 15.2 Å². The molecule has 1 aliphatic heterocycles. The van der Waals surface area contributed by atoms with Crippen molar-refractivity contribution in [2.75, 3.05) is 33.9 Å². The molecule has 1 aromatic carbocycles. The summed E-state index contributed by atoms with van der Waals surface area (Å²) in [5, 5.41) is 0. The molecule has 0 spiro atoms. The Morgan fingerprint density at radius 1 is 1.30 bits per heavy atom. The van der Waals surface area contributed by atoms with E-state index in [9.17, 15) is 0 Å². The highest BCUT2D eigenvalue weighted by Crippen LogP contribution is 2.27. The predicted octanol–water partition coefficient (Wildman–Crippen LogP) is 2.30. The van der Waals surface area contributed by atoms with E-state index in [-0.39, 0.29) is 12.4 Å². The molecule has 1 atom stereocenters. The van der Waals surface area contributed by atoms with E-state index < -0.39 is 0 Å². The Kier molecular flexibility index (Phi) is 7.13. The molecule has 1 aliphatic rings. The summed E-state index contributed by atoms with van der Waals surface area (Å²) in [6, 6.07) is 5.96. The van der Waals surface area contributed by atoms with Crippen LogP contribution in [0.25, 0.3) is 0 Å². The van der Waals surface area contributed by atoms with Crippen molar-refractivity contribution in [1.29, 1.82) is 0 Å². The van der Waals surface area contributed by atoms with Crippen LogP contribution in [0, 0.1) is 5.92 Å². The Labute approximate surface area is 127 Å². The van der Waals surface area contributed by atoms with Crippen molar-refractivity contribution >= 4 is 12.4 Å². The zero-order valence-electron chi connectivity index (χ0n) is 12.3. The molecule has 1 aromatic rings. The standard InChI is InChI=1S/C15H24N2O2.ClH/c1-18-14-5-6-15(19-2)13(8-14)11-17-7-3-4-12(9-16)10-17;/h5-6,8,12H,3-4,7,9-11,16H2,1-2H3;1H. The van der Waals surface area contributed by atoms with Gasteiger partial charge < -0.3 is 15.2 Å². The fraction of sp³-hybridized carbons (Fsp3) is 0.600. The Morgan fingerprint density at radius 3 is 2.75 bits per heavy atom. The summed E-state index contributed by atoms with van der Waals surface area (Å²) in [7, 11) is 3.40. The van der Waals surface area contributed by atoms with Gasteiger partial charge in [0.1, 0.15) is 11.5 Å². The average Bonchev–Trinajstić information content (AvgIpc) is 2.47. The molecule has 1 heterocycles. The van der Waals surface area contributed by atoms with Gasteiger partial charge in [0.2, 0.25) is 0 Å². The van der Waals surface area contributed by atoms with Crippen LogP contribution >= 0.6 is 12.4 Å². The SMILES string of the molecule is COc1ccc(OC)c(CN2CCCC(CN)C2)c1.Cl. The summed E-state index contributed by atoms with van der Waals surface area (Å²) in [6.07, 6.45) is 2.48. The van der Waals surface area contributed by atoms with E-state index in [1.54, 1.807) is 14.2 Å². The first-order valence-corrected chi connectivity index (χ1v) is 6.90. The molecule has 2 rings (SSSR count). The molecule has 20 heavy (non-hydrogen) atoms. The zero-order chi connectivity index (χ0) is 13.7. The fourth-order valence-electron chi connectivity index (χ4n) is 2.73. The van der Waals surface area contributed by atoms with Gasteiger partial charge in [-0.3, -0.25) is 4.90 Å². The second kappa shape index (κ2) is 8.35. The van der Waals surface area contributed by atoms with Crippen LogP contribution < -0.4 is 15.2 Å². The molecule has 0 radical (unpaired) electrons. The molecule has 0 saturated carbocycles. The highest BCUT2D eigenvalue weighted by Gasteiger charge is 2.19. The maximum atomic E-state index is 5.79. The highest BCUT2D eigenvalue weighted by molar-refractivity contribution is 5.85. The molecule has 5 heteroatoms. The molecule has 1 saturated heterocycles. The lowest BCUT2D eigenvalue weighted by molar-refractivity contribution is 0.169. The average molecular weight is 301 g/mol. The summed E-state index contributed by atoms with van der Waals surface area (Å²) < 4.78 is 10.7. The van der Waals surface area contributed by atoms with Crippen LogP contribution in [0.2, 0.25) is 0 Å². The van der Waals surface area contributed by atoms with E-state index in [2.05, 4.69) is 11.0 Å². The van der Waals surface area contributed by atoms with Crippen LogP contribution in [0.15, 0.2) is 18.2 Å². The van der Waals surface area contributed by atoms with Crippen molar-refractivity contribution in [2.24, 2.45) is 11.7 Å². The number of methoxy groups -OCH3 is 2. The summed E-state index contributed by atoms with van der Waals surface area (Å²) >= 11 is 0. The number of piperidine rings is 1. The molecule has 0 aliphatic carbocycles. The third-order valence-corrected chi connectivity index (χ3v) is 3.82. The Morgan fingerprint density at radius 2 is 2.10 bits per heavy atom. The number of nitrogens with two attached hydrogens (primary N) is 1. The van der Waals surface area contributed by atoms with E-state index in [0.29, 0.717) is 5.92 Å². The molecular formula is C15H25ClN2O2. The summed E-state index contributed by atoms with van der Waals surface area (Å²) in [6.45, 7) is 3.90. The topological polar surface area (TPSA) is 47.7 Å². The number of halogens is 1. The maximum absolute atomic E-state index is 5.79. The number of benzene rings is 1. The van der Waals surface area contributed by atoms with Gasteiger partial charge in [-0.15, -0.1) is 12.4 Å². The van der Waals surface area contributed by atoms with E-state index in [1.807, 2.05) is 12.1 Å². The second-order valence-corrected chi connectivity index (χ2v) is 5.16. The van der Waals surface area contributed by atoms with Gasteiger partial charge in [-0.05, 0) is 50.0 Å². The first-order chi connectivity index (χ1) is 9.26. The number of likely N-dealkylation sites (tertiary alicyclic amines) is 1. The van der Waals surface area contributed by atoms with Crippen LogP contribution in [0.1, 0.15) is 18.4 Å². The lowest BCUT2D eigenvalue weighted by atomic mass is 9.98. The zero-order valence-corrected chi connectivity index (χ0v) is 13.1. The van der Waals surface area contributed by atoms with Crippen molar-refractivity contribution in [3.05, 3.63) is 23.8 Å². The Bertz CT molecular complexity index is 415. The molecule has 1 fully saturated rings. The minimum atomic E-state index is 0. The van der Waals surface area contributed by atoms with Crippen molar-refractivity contribution in [2.45, 2.75) is 19.4 Å². The van der Waals surface area contributed by atoms with Crippen LogP contribution in [-0.4, -0.2) is 38.8 Å². The quantitative estimate of drug-likeness (QED) is 0.906. The number of hydrogen-bond acceptors (Lipinski definition) is 4. The van der Waals surface area contributed by atoms with Crippen molar-refractivity contribution in [1.82, 2.24) is 4.90 Å². The van der Waals surface area contributed by atoms with E-state index >= 15 is 0 Å². The third kappa shape index (κ3) is 4.27. The fourth-order valence-corrected chi connectivity index (χ4v) is 2.73. The van der Waals surface area contributed by atoms with Gasteiger partial charge in [-0.1, -0.05) is 0 Å². The van der Waals surface area contributed by atoms with Crippen LogP contribution in [0.3, 0.4) is 0 Å². The van der Waals surface area contributed by atoms with Crippen LogP contribution in [0.4, 0.5) is 0 Å². The lowest BCUT2D eigenvalue weighted by Crippen LogP contribution is -2.37. The Balaban J connectivity index is 0.00000200. The van der Waals surface area contributed by atoms with E-state index in [0.717, 1.165) is 37.7 Å². The first kappa shape index (κ1) is 17.1. The molecule has 2 N–H and O–H groups in total. The molecule has 0 bridgehead atoms. The Hall–Kier alpha value is -0.970. The normalized spacial score (nSPS) is 19.2. The molecule has 1 unspecified atom stereocenters. The molecule has 114 valence electrons. The predicted molar refractivity (Wildman–Crippen MR) is 83.8 cm³/mol. The van der Waals surface area contributed by atoms with Crippen molar-refractivity contribution in [3.8, 4) is 11.5 Å². The molecule has 4 nitrogen and oxygen atoms in total. The van der Waals surface area contributed by atoms with E-state index in [1.165, 1.54) is 18.4 Å². The number of nitrogens with zero attached hydrogens (tertiary/aromatic N) is 1. The first-order valence-electron chi connectivity index (χ1n) is 6.90. The van der Waals surface area contributed by atoms with Crippen molar-refractivity contribution in [3.63, 3.8) is 0 Å². The van der Waals surface area contributed by atoms with Gasteiger partial charge >= 0.3 is 0 Å². The molecular weight excluding hydrogens is 276 g/mol. The van der Waals surface area contributed by atoms with Gasteiger partial charge in [0, 0.05) is 18.7 Å². The van der Waals surface area contributed by atoms with Gasteiger partial charge in [0.15, 0.2) is 0 Å². The maximum Gasteiger partial charge on any atom is 0.123 e.